The van der Waals surface area contributed by atoms with E-state index in [0.29, 0.717) is 6.04 Å². The SMILES string of the molecule is CCC(NCc1ccc(Br)cc1)c1nccs1. The summed E-state index contributed by atoms with van der Waals surface area (Å²) in [5, 5.41) is 6.74. The highest BCUT2D eigenvalue weighted by Gasteiger charge is 2.10. The van der Waals surface area contributed by atoms with E-state index >= 15 is 0 Å². The minimum Gasteiger partial charge on any atom is -0.304 e. The minimum atomic E-state index is 0.360. The van der Waals surface area contributed by atoms with Crippen molar-refractivity contribution in [1.82, 2.24) is 10.3 Å². The van der Waals surface area contributed by atoms with Gasteiger partial charge in [0.1, 0.15) is 5.01 Å². The summed E-state index contributed by atoms with van der Waals surface area (Å²) in [5.41, 5.74) is 1.29. The van der Waals surface area contributed by atoms with Gasteiger partial charge < -0.3 is 5.32 Å². The summed E-state index contributed by atoms with van der Waals surface area (Å²) in [4.78, 5) is 4.36. The molecular formula is C13H15BrN2S. The van der Waals surface area contributed by atoms with Crippen molar-refractivity contribution in [1.29, 1.82) is 0 Å². The Morgan fingerprint density at radius 1 is 1.35 bits per heavy atom. The number of benzene rings is 1. The standard InChI is InChI=1S/C13H15BrN2S/c1-2-12(13-15-7-8-17-13)16-9-10-3-5-11(14)6-4-10/h3-8,12,16H,2,9H2,1H3. The molecule has 0 saturated heterocycles. The first-order valence-corrected chi connectivity index (χ1v) is 7.34. The third-order valence-corrected chi connectivity index (χ3v) is 4.04. The lowest BCUT2D eigenvalue weighted by atomic mass is 10.2. The minimum absolute atomic E-state index is 0.360. The molecule has 0 saturated carbocycles. The van der Waals surface area contributed by atoms with Gasteiger partial charge in [0.15, 0.2) is 0 Å². The van der Waals surface area contributed by atoms with Crippen LogP contribution in [-0.4, -0.2) is 4.98 Å². The first-order chi connectivity index (χ1) is 8.29. The maximum atomic E-state index is 4.36. The van der Waals surface area contributed by atoms with Crippen LogP contribution in [0.1, 0.15) is 30.0 Å². The molecule has 2 rings (SSSR count). The molecule has 2 nitrogen and oxygen atoms in total. The maximum absolute atomic E-state index is 4.36. The van der Waals surface area contributed by atoms with Gasteiger partial charge in [0.2, 0.25) is 0 Å². The van der Waals surface area contributed by atoms with Crippen molar-refractivity contribution in [3.8, 4) is 0 Å². The smallest absolute Gasteiger partial charge is 0.109 e. The number of hydrogen-bond donors (Lipinski definition) is 1. The van der Waals surface area contributed by atoms with Gasteiger partial charge in [-0.2, -0.15) is 0 Å². The highest BCUT2D eigenvalue weighted by Crippen LogP contribution is 2.19. The number of thiazole rings is 1. The summed E-state index contributed by atoms with van der Waals surface area (Å²) in [6, 6.07) is 8.76. The van der Waals surface area contributed by atoms with Crippen LogP contribution in [0.5, 0.6) is 0 Å². The molecule has 0 radical (unpaired) electrons. The van der Waals surface area contributed by atoms with Crippen LogP contribution in [0.3, 0.4) is 0 Å². The summed E-state index contributed by atoms with van der Waals surface area (Å²) in [7, 11) is 0. The van der Waals surface area contributed by atoms with Crippen LogP contribution in [0.2, 0.25) is 0 Å². The van der Waals surface area contributed by atoms with Crippen LogP contribution >= 0.6 is 27.3 Å². The third kappa shape index (κ3) is 3.63. The Bertz CT molecular complexity index is 439. The quantitative estimate of drug-likeness (QED) is 0.897. The van der Waals surface area contributed by atoms with Gasteiger partial charge in [0.05, 0.1) is 6.04 Å². The van der Waals surface area contributed by atoms with Crippen LogP contribution in [0.4, 0.5) is 0 Å². The Balaban J connectivity index is 1.94. The molecule has 1 aromatic carbocycles. The molecule has 0 spiro atoms. The Kier molecular flexibility index (Phi) is 4.71. The second kappa shape index (κ2) is 6.28. The zero-order chi connectivity index (χ0) is 12.1. The normalized spacial score (nSPS) is 12.6. The second-order valence-electron chi connectivity index (χ2n) is 3.84. The van der Waals surface area contributed by atoms with Gasteiger partial charge in [-0.05, 0) is 24.1 Å². The van der Waals surface area contributed by atoms with Crippen molar-refractivity contribution >= 4 is 27.3 Å². The number of aromatic nitrogens is 1. The molecule has 1 N–H and O–H groups in total. The molecule has 2 aromatic rings. The lowest BCUT2D eigenvalue weighted by Gasteiger charge is -2.14. The van der Waals surface area contributed by atoms with E-state index in [9.17, 15) is 0 Å². The highest BCUT2D eigenvalue weighted by atomic mass is 79.9. The topological polar surface area (TPSA) is 24.9 Å². The molecule has 0 aliphatic heterocycles. The van der Waals surface area contributed by atoms with Crippen LogP contribution in [-0.2, 0) is 6.54 Å². The van der Waals surface area contributed by atoms with Gasteiger partial charge in [-0.1, -0.05) is 35.0 Å². The molecule has 1 atom stereocenters. The number of nitrogens with one attached hydrogen (secondary N) is 1. The molecule has 90 valence electrons. The summed E-state index contributed by atoms with van der Waals surface area (Å²) in [5.74, 6) is 0. The number of rotatable bonds is 5. The average molecular weight is 311 g/mol. The van der Waals surface area contributed by atoms with E-state index in [4.69, 9.17) is 0 Å². The molecule has 0 bridgehead atoms. The van der Waals surface area contributed by atoms with Gasteiger partial charge in [-0.15, -0.1) is 11.3 Å². The van der Waals surface area contributed by atoms with Crippen LogP contribution < -0.4 is 5.32 Å². The van der Waals surface area contributed by atoms with Gasteiger partial charge in [0, 0.05) is 22.6 Å². The fourth-order valence-corrected chi connectivity index (χ4v) is 2.72. The largest absolute Gasteiger partial charge is 0.304 e. The Labute approximate surface area is 114 Å². The lowest BCUT2D eigenvalue weighted by molar-refractivity contribution is 0.516. The summed E-state index contributed by atoms with van der Waals surface area (Å²) < 4.78 is 1.12. The molecule has 0 fully saturated rings. The summed E-state index contributed by atoms with van der Waals surface area (Å²) >= 11 is 5.15. The van der Waals surface area contributed by atoms with Crippen LogP contribution in [0.15, 0.2) is 40.3 Å². The zero-order valence-electron chi connectivity index (χ0n) is 9.69. The Morgan fingerprint density at radius 2 is 2.12 bits per heavy atom. The highest BCUT2D eigenvalue weighted by molar-refractivity contribution is 9.10. The van der Waals surface area contributed by atoms with E-state index in [1.807, 2.05) is 11.6 Å². The molecule has 4 heteroatoms. The van der Waals surface area contributed by atoms with Crippen molar-refractivity contribution in [2.24, 2.45) is 0 Å². The van der Waals surface area contributed by atoms with E-state index in [1.165, 1.54) is 10.6 Å². The number of halogens is 1. The van der Waals surface area contributed by atoms with Gasteiger partial charge in [-0.25, -0.2) is 4.98 Å². The maximum Gasteiger partial charge on any atom is 0.109 e. The predicted octanol–water partition coefficient (Wildman–Crippen LogP) is 4.15. The summed E-state index contributed by atoms with van der Waals surface area (Å²) in [6.45, 7) is 3.06. The van der Waals surface area contributed by atoms with Crippen LogP contribution in [0, 0.1) is 0 Å². The monoisotopic (exact) mass is 310 g/mol. The van der Waals surface area contributed by atoms with Crippen LogP contribution in [0.25, 0.3) is 0 Å². The summed E-state index contributed by atoms with van der Waals surface area (Å²) in [6.07, 6.45) is 2.92. The first kappa shape index (κ1) is 12.7. The second-order valence-corrected chi connectivity index (χ2v) is 5.68. The number of hydrogen-bond acceptors (Lipinski definition) is 3. The molecular weight excluding hydrogens is 296 g/mol. The molecule has 17 heavy (non-hydrogen) atoms. The molecule has 1 aromatic heterocycles. The molecule has 0 amide bonds. The predicted molar refractivity (Wildman–Crippen MR) is 76.1 cm³/mol. The fraction of sp³-hybridized carbons (Fsp3) is 0.308. The Hall–Kier alpha value is -0.710. The first-order valence-electron chi connectivity index (χ1n) is 5.67. The van der Waals surface area contributed by atoms with Gasteiger partial charge >= 0.3 is 0 Å². The zero-order valence-corrected chi connectivity index (χ0v) is 12.1. The van der Waals surface area contributed by atoms with E-state index < -0.39 is 0 Å². The van der Waals surface area contributed by atoms with E-state index in [2.05, 4.69) is 57.4 Å². The average Bonchev–Trinajstić information content (AvgIpc) is 2.86. The number of nitrogens with zero attached hydrogens (tertiary/aromatic N) is 1. The Morgan fingerprint density at radius 3 is 2.71 bits per heavy atom. The van der Waals surface area contributed by atoms with Crippen molar-refractivity contribution in [2.45, 2.75) is 25.9 Å². The molecule has 0 aliphatic rings. The molecule has 0 aliphatic carbocycles. The molecule has 1 unspecified atom stereocenters. The van der Waals surface area contributed by atoms with Crippen molar-refractivity contribution in [2.75, 3.05) is 0 Å². The fourth-order valence-electron chi connectivity index (χ4n) is 1.66. The van der Waals surface area contributed by atoms with Crippen molar-refractivity contribution in [3.05, 3.63) is 50.9 Å². The van der Waals surface area contributed by atoms with Gasteiger partial charge in [-0.3, -0.25) is 0 Å². The third-order valence-electron chi connectivity index (χ3n) is 2.62. The molecule has 1 heterocycles. The van der Waals surface area contributed by atoms with Gasteiger partial charge in [0.25, 0.3) is 0 Å². The van der Waals surface area contributed by atoms with Crippen molar-refractivity contribution < 1.29 is 0 Å². The van der Waals surface area contributed by atoms with Crippen molar-refractivity contribution in [3.63, 3.8) is 0 Å². The lowest BCUT2D eigenvalue weighted by Crippen LogP contribution is -2.20. The van der Waals surface area contributed by atoms with E-state index in [-0.39, 0.29) is 0 Å². The van der Waals surface area contributed by atoms with E-state index in [0.717, 1.165) is 17.4 Å². The van der Waals surface area contributed by atoms with E-state index in [1.54, 1.807) is 11.3 Å².